The number of methoxy groups -OCH3 is 1. The van der Waals surface area contributed by atoms with Gasteiger partial charge in [0.05, 0.1) is 24.2 Å². The molecule has 0 fully saturated rings. The molecule has 2 rings (SSSR count). The zero-order valence-corrected chi connectivity index (χ0v) is 7.41. The number of benzene rings is 1. The molecule has 0 aliphatic rings. The van der Waals surface area contributed by atoms with Gasteiger partial charge in [-0.3, -0.25) is 4.68 Å². The largest absolute Gasteiger partial charge is 0.497 e. The molecule has 4 heteroatoms. The van der Waals surface area contributed by atoms with Gasteiger partial charge in [-0.05, 0) is 0 Å². The highest BCUT2D eigenvalue weighted by Gasteiger charge is 2.07. The summed E-state index contributed by atoms with van der Waals surface area (Å²) in [5, 5.41) is 4.47. The standard InChI is InChI=1S/C9H9FN2O/c1-12-9-4-6(13-2)3-8(10)7(9)5-11-12/h3-5H,1-2H3. The molecule has 0 unspecified atom stereocenters. The van der Waals surface area contributed by atoms with Crippen molar-refractivity contribution in [2.24, 2.45) is 7.05 Å². The van der Waals surface area contributed by atoms with E-state index in [1.807, 2.05) is 0 Å². The summed E-state index contributed by atoms with van der Waals surface area (Å²) in [4.78, 5) is 0. The molecule has 1 heterocycles. The van der Waals surface area contributed by atoms with Gasteiger partial charge in [0.2, 0.25) is 0 Å². The van der Waals surface area contributed by atoms with Gasteiger partial charge < -0.3 is 4.74 Å². The first-order valence-corrected chi connectivity index (χ1v) is 3.87. The maximum Gasteiger partial charge on any atom is 0.137 e. The Morgan fingerprint density at radius 2 is 2.23 bits per heavy atom. The van der Waals surface area contributed by atoms with Crippen LogP contribution in [-0.4, -0.2) is 16.9 Å². The van der Waals surface area contributed by atoms with E-state index >= 15 is 0 Å². The van der Waals surface area contributed by atoms with Crippen LogP contribution in [0.3, 0.4) is 0 Å². The monoisotopic (exact) mass is 180 g/mol. The molecule has 3 nitrogen and oxygen atoms in total. The second-order valence-electron chi connectivity index (χ2n) is 2.81. The fourth-order valence-corrected chi connectivity index (χ4v) is 1.30. The number of aromatic nitrogens is 2. The second kappa shape index (κ2) is 2.73. The Kier molecular flexibility index (Phi) is 1.69. The van der Waals surface area contributed by atoms with Gasteiger partial charge in [-0.2, -0.15) is 5.10 Å². The maximum absolute atomic E-state index is 13.3. The molecule has 0 bridgehead atoms. The quantitative estimate of drug-likeness (QED) is 0.668. The first kappa shape index (κ1) is 8.04. The minimum Gasteiger partial charge on any atom is -0.497 e. The van der Waals surface area contributed by atoms with Gasteiger partial charge in [-0.1, -0.05) is 0 Å². The summed E-state index contributed by atoms with van der Waals surface area (Å²) in [6, 6.07) is 3.11. The molecule has 13 heavy (non-hydrogen) atoms. The van der Waals surface area contributed by atoms with E-state index in [9.17, 15) is 4.39 Å². The summed E-state index contributed by atoms with van der Waals surface area (Å²) in [5.41, 5.74) is 0.733. The lowest BCUT2D eigenvalue weighted by molar-refractivity contribution is 0.412. The summed E-state index contributed by atoms with van der Waals surface area (Å²) >= 11 is 0. The minimum absolute atomic E-state index is 0.303. The van der Waals surface area contributed by atoms with Crippen LogP contribution in [0.2, 0.25) is 0 Å². The van der Waals surface area contributed by atoms with Crippen LogP contribution in [-0.2, 0) is 7.05 Å². The molecule has 1 aromatic heterocycles. The van der Waals surface area contributed by atoms with E-state index in [4.69, 9.17) is 4.74 Å². The van der Waals surface area contributed by atoms with Crippen molar-refractivity contribution in [3.05, 3.63) is 24.1 Å². The minimum atomic E-state index is -0.303. The van der Waals surface area contributed by atoms with Crippen LogP contribution in [0, 0.1) is 5.82 Å². The lowest BCUT2D eigenvalue weighted by Crippen LogP contribution is -1.90. The molecule has 0 radical (unpaired) electrons. The van der Waals surface area contributed by atoms with E-state index in [1.54, 1.807) is 17.8 Å². The van der Waals surface area contributed by atoms with Crippen molar-refractivity contribution < 1.29 is 9.13 Å². The SMILES string of the molecule is COc1cc(F)c2cnn(C)c2c1. The van der Waals surface area contributed by atoms with Gasteiger partial charge in [0.1, 0.15) is 11.6 Å². The second-order valence-corrected chi connectivity index (χ2v) is 2.81. The molecule has 68 valence electrons. The van der Waals surface area contributed by atoms with Gasteiger partial charge in [-0.25, -0.2) is 4.39 Å². The van der Waals surface area contributed by atoms with Crippen molar-refractivity contribution in [1.82, 2.24) is 9.78 Å². The summed E-state index contributed by atoms with van der Waals surface area (Å²) in [6.45, 7) is 0. The van der Waals surface area contributed by atoms with E-state index in [0.29, 0.717) is 11.1 Å². The van der Waals surface area contributed by atoms with Gasteiger partial charge in [0.15, 0.2) is 0 Å². The summed E-state index contributed by atoms with van der Waals surface area (Å²) in [7, 11) is 3.28. The van der Waals surface area contributed by atoms with E-state index < -0.39 is 0 Å². The Morgan fingerprint density at radius 1 is 1.46 bits per heavy atom. The van der Waals surface area contributed by atoms with E-state index in [2.05, 4.69) is 5.10 Å². The molecule has 0 saturated carbocycles. The Morgan fingerprint density at radius 3 is 2.92 bits per heavy atom. The van der Waals surface area contributed by atoms with Crippen molar-refractivity contribution in [3.63, 3.8) is 0 Å². The number of nitrogens with zero attached hydrogens (tertiary/aromatic N) is 2. The first-order chi connectivity index (χ1) is 6.22. The fourth-order valence-electron chi connectivity index (χ4n) is 1.30. The summed E-state index contributed by atoms with van der Waals surface area (Å²) in [6.07, 6.45) is 1.50. The Balaban J connectivity index is 2.80. The topological polar surface area (TPSA) is 27.1 Å². The number of hydrogen-bond acceptors (Lipinski definition) is 2. The predicted octanol–water partition coefficient (Wildman–Crippen LogP) is 1.72. The summed E-state index contributed by atoms with van der Waals surface area (Å²) in [5.74, 6) is 0.205. The zero-order valence-electron chi connectivity index (χ0n) is 7.41. The van der Waals surface area contributed by atoms with Gasteiger partial charge >= 0.3 is 0 Å². The summed E-state index contributed by atoms with van der Waals surface area (Å²) < 4.78 is 19.9. The Bertz CT molecular complexity index is 450. The average Bonchev–Trinajstić information content (AvgIpc) is 2.48. The van der Waals surface area contributed by atoms with Crippen LogP contribution in [0.25, 0.3) is 10.9 Å². The van der Waals surface area contributed by atoms with Crippen molar-refractivity contribution in [3.8, 4) is 5.75 Å². The van der Waals surface area contributed by atoms with Gasteiger partial charge in [0.25, 0.3) is 0 Å². The van der Waals surface area contributed by atoms with Crippen molar-refractivity contribution in [1.29, 1.82) is 0 Å². The fraction of sp³-hybridized carbons (Fsp3) is 0.222. The van der Waals surface area contributed by atoms with Crippen LogP contribution < -0.4 is 4.74 Å². The first-order valence-electron chi connectivity index (χ1n) is 3.87. The Labute approximate surface area is 74.7 Å². The molecular weight excluding hydrogens is 171 g/mol. The number of fused-ring (bicyclic) bond motifs is 1. The van der Waals surface area contributed by atoms with Crippen LogP contribution in [0.15, 0.2) is 18.3 Å². The molecule has 1 aromatic carbocycles. The Hall–Kier alpha value is -1.58. The van der Waals surface area contributed by atoms with Crippen LogP contribution in [0.5, 0.6) is 5.75 Å². The van der Waals surface area contributed by atoms with Crippen molar-refractivity contribution in [2.45, 2.75) is 0 Å². The molecule has 0 saturated heterocycles. The number of aryl methyl sites for hydroxylation is 1. The highest BCUT2D eigenvalue weighted by Crippen LogP contribution is 2.23. The average molecular weight is 180 g/mol. The number of halogens is 1. The molecule has 0 aliphatic heterocycles. The number of ether oxygens (including phenoxy) is 1. The molecule has 0 spiro atoms. The highest BCUT2D eigenvalue weighted by atomic mass is 19.1. The van der Waals surface area contributed by atoms with Crippen LogP contribution >= 0.6 is 0 Å². The molecule has 0 atom stereocenters. The van der Waals surface area contributed by atoms with Crippen molar-refractivity contribution >= 4 is 10.9 Å². The third-order valence-corrected chi connectivity index (χ3v) is 2.03. The van der Waals surface area contributed by atoms with E-state index in [-0.39, 0.29) is 5.82 Å². The third kappa shape index (κ3) is 1.14. The third-order valence-electron chi connectivity index (χ3n) is 2.03. The lowest BCUT2D eigenvalue weighted by Gasteiger charge is -2.01. The van der Waals surface area contributed by atoms with Gasteiger partial charge in [0, 0.05) is 19.2 Å². The molecule has 0 N–H and O–H groups in total. The highest BCUT2D eigenvalue weighted by molar-refractivity contribution is 5.80. The lowest BCUT2D eigenvalue weighted by atomic mass is 10.2. The van der Waals surface area contributed by atoms with Gasteiger partial charge in [-0.15, -0.1) is 0 Å². The molecule has 0 aliphatic carbocycles. The number of rotatable bonds is 1. The molecule has 0 amide bonds. The van der Waals surface area contributed by atoms with Crippen LogP contribution in [0.1, 0.15) is 0 Å². The van der Waals surface area contributed by atoms with E-state index in [1.165, 1.54) is 19.4 Å². The van der Waals surface area contributed by atoms with E-state index in [0.717, 1.165) is 5.52 Å². The van der Waals surface area contributed by atoms with Crippen LogP contribution in [0.4, 0.5) is 4.39 Å². The normalized spacial score (nSPS) is 10.7. The maximum atomic E-state index is 13.3. The molecular formula is C9H9FN2O. The predicted molar refractivity (Wildman–Crippen MR) is 47.2 cm³/mol. The smallest absolute Gasteiger partial charge is 0.137 e. The zero-order chi connectivity index (χ0) is 9.42. The number of hydrogen-bond donors (Lipinski definition) is 0. The molecule has 2 aromatic rings. The van der Waals surface area contributed by atoms with Crippen molar-refractivity contribution in [2.75, 3.05) is 7.11 Å².